The highest BCUT2D eigenvalue weighted by Crippen LogP contribution is 2.21. The Hall–Kier alpha value is -1.89. The van der Waals surface area contributed by atoms with Crippen LogP contribution < -0.4 is 4.72 Å². The highest BCUT2D eigenvalue weighted by atomic mass is 32.2. The molecule has 0 aliphatic heterocycles. The first-order valence-electron chi connectivity index (χ1n) is 5.59. The van der Waals surface area contributed by atoms with Gasteiger partial charge in [-0.15, -0.1) is 0 Å². The first-order chi connectivity index (χ1) is 8.79. The van der Waals surface area contributed by atoms with Crippen LogP contribution in [0, 0.1) is 19.7 Å². The first-order valence-corrected chi connectivity index (χ1v) is 7.07. The molecule has 2 aromatic rings. The summed E-state index contributed by atoms with van der Waals surface area (Å²) in [5.41, 5.74) is 1.28. The molecule has 19 heavy (non-hydrogen) atoms. The smallest absolute Gasteiger partial charge is 0.265 e. The summed E-state index contributed by atoms with van der Waals surface area (Å²) < 4.78 is 41.3. The van der Waals surface area contributed by atoms with E-state index in [1.807, 2.05) is 0 Å². The molecule has 102 valence electrons. The van der Waals surface area contributed by atoms with Crippen LogP contribution in [0.2, 0.25) is 0 Å². The van der Waals surface area contributed by atoms with Gasteiger partial charge in [-0.1, -0.05) is 0 Å². The van der Waals surface area contributed by atoms with Gasteiger partial charge in [0.1, 0.15) is 10.7 Å². The molecule has 0 atom stereocenters. The second-order valence-electron chi connectivity index (χ2n) is 4.32. The zero-order chi connectivity index (χ0) is 14.2. The van der Waals surface area contributed by atoms with Crippen LogP contribution in [0.5, 0.6) is 0 Å². The van der Waals surface area contributed by atoms with Gasteiger partial charge in [-0.3, -0.25) is 9.40 Å². The quantitative estimate of drug-likeness (QED) is 0.936. The Morgan fingerprint density at radius 2 is 2.00 bits per heavy atom. The van der Waals surface area contributed by atoms with E-state index in [0.29, 0.717) is 16.9 Å². The van der Waals surface area contributed by atoms with E-state index < -0.39 is 15.8 Å². The summed E-state index contributed by atoms with van der Waals surface area (Å²) in [7, 11) is -2.07. The minimum Gasteiger partial charge on any atom is -0.279 e. The molecule has 0 bridgehead atoms. The lowest BCUT2D eigenvalue weighted by molar-refractivity contribution is 0.600. The lowest BCUT2D eigenvalue weighted by Gasteiger charge is -2.09. The van der Waals surface area contributed by atoms with Gasteiger partial charge in [0.25, 0.3) is 10.0 Å². The fraction of sp³-hybridized carbons (Fsp3) is 0.250. The molecule has 5 nitrogen and oxygen atoms in total. The Morgan fingerprint density at radius 1 is 1.32 bits per heavy atom. The van der Waals surface area contributed by atoms with Gasteiger partial charge in [0.15, 0.2) is 0 Å². The number of nitrogens with one attached hydrogen (secondary N) is 1. The Labute approximate surface area is 111 Å². The molecule has 0 spiro atoms. The summed E-state index contributed by atoms with van der Waals surface area (Å²) in [5, 5.41) is 3.99. The molecule has 1 aromatic carbocycles. The summed E-state index contributed by atoms with van der Waals surface area (Å²) >= 11 is 0. The van der Waals surface area contributed by atoms with Crippen molar-refractivity contribution in [3.63, 3.8) is 0 Å². The van der Waals surface area contributed by atoms with E-state index in [9.17, 15) is 12.8 Å². The van der Waals surface area contributed by atoms with E-state index in [4.69, 9.17) is 0 Å². The van der Waals surface area contributed by atoms with Crippen molar-refractivity contribution in [3.05, 3.63) is 41.5 Å². The van der Waals surface area contributed by atoms with Crippen molar-refractivity contribution in [2.45, 2.75) is 18.7 Å². The summed E-state index contributed by atoms with van der Waals surface area (Å²) in [5.74, 6) is -0.405. The topological polar surface area (TPSA) is 64.0 Å². The van der Waals surface area contributed by atoms with Crippen molar-refractivity contribution in [1.29, 1.82) is 0 Å². The second-order valence-corrected chi connectivity index (χ2v) is 5.97. The van der Waals surface area contributed by atoms with Crippen LogP contribution in [-0.4, -0.2) is 18.2 Å². The molecule has 0 unspecified atom stereocenters. The van der Waals surface area contributed by atoms with Gasteiger partial charge in [-0.25, -0.2) is 12.8 Å². The van der Waals surface area contributed by atoms with Crippen LogP contribution in [0.3, 0.4) is 0 Å². The van der Waals surface area contributed by atoms with Crippen LogP contribution in [0.1, 0.15) is 11.3 Å². The third-order valence-electron chi connectivity index (χ3n) is 2.69. The monoisotopic (exact) mass is 283 g/mol. The SMILES string of the molecule is Cc1cc(F)ccc1NS(=O)(=O)c1cn(C)nc1C. The highest BCUT2D eigenvalue weighted by molar-refractivity contribution is 7.92. The van der Waals surface area contributed by atoms with Gasteiger partial charge in [-0.2, -0.15) is 5.10 Å². The second kappa shape index (κ2) is 4.65. The van der Waals surface area contributed by atoms with Crippen molar-refractivity contribution in [1.82, 2.24) is 9.78 Å². The molecular formula is C12H14FN3O2S. The van der Waals surface area contributed by atoms with Crippen molar-refractivity contribution in [2.24, 2.45) is 7.05 Å². The molecule has 0 saturated carbocycles. The van der Waals surface area contributed by atoms with Crippen molar-refractivity contribution in [2.75, 3.05) is 4.72 Å². The third kappa shape index (κ3) is 2.76. The standard InChI is InChI=1S/C12H14FN3O2S/c1-8-6-10(13)4-5-11(8)15-19(17,18)12-7-16(3)14-9(12)2/h4-7,15H,1-3H3. The number of benzene rings is 1. The van der Waals surface area contributed by atoms with Gasteiger partial charge in [0, 0.05) is 13.2 Å². The zero-order valence-electron chi connectivity index (χ0n) is 10.8. The molecule has 0 saturated heterocycles. The number of hydrogen-bond acceptors (Lipinski definition) is 3. The predicted molar refractivity (Wildman–Crippen MR) is 69.9 cm³/mol. The lowest BCUT2D eigenvalue weighted by atomic mass is 10.2. The van der Waals surface area contributed by atoms with Crippen molar-refractivity contribution >= 4 is 15.7 Å². The number of sulfonamides is 1. The van der Waals surface area contributed by atoms with E-state index in [1.54, 1.807) is 20.9 Å². The summed E-state index contributed by atoms with van der Waals surface area (Å²) in [6.45, 7) is 3.25. The molecular weight excluding hydrogens is 269 g/mol. The maximum atomic E-state index is 13.0. The number of aromatic nitrogens is 2. The Kier molecular flexibility index (Phi) is 3.32. The summed E-state index contributed by atoms with van der Waals surface area (Å²) in [4.78, 5) is 0.110. The molecule has 0 aliphatic carbocycles. The molecule has 7 heteroatoms. The van der Waals surface area contributed by atoms with Gasteiger partial charge in [0.2, 0.25) is 0 Å². The van der Waals surface area contributed by atoms with Crippen LogP contribution in [0.15, 0.2) is 29.3 Å². The van der Waals surface area contributed by atoms with Crippen LogP contribution in [0.4, 0.5) is 10.1 Å². The number of rotatable bonds is 3. The molecule has 0 fully saturated rings. The molecule has 0 amide bonds. The lowest BCUT2D eigenvalue weighted by Crippen LogP contribution is -2.14. The largest absolute Gasteiger partial charge is 0.279 e. The van der Waals surface area contributed by atoms with Gasteiger partial charge < -0.3 is 0 Å². The molecule has 0 aliphatic rings. The number of hydrogen-bond donors (Lipinski definition) is 1. The molecule has 1 N–H and O–H groups in total. The van der Waals surface area contributed by atoms with Crippen LogP contribution >= 0.6 is 0 Å². The van der Waals surface area contributed by atoms with E-state index >= 15 is 0 Å². The fourth-order valence-corrected chi connectivity index (χ4v) is 3.13. The number of nitrogens with zero attached hydrogens (tertiary/aromatic N) is 2. The minimum atomic E-state index is -3.71. The maximum Gasteiger partial charge on any atom is 0.265 e. The summed E-state index contributed by atoms with van der Waals surface area (Å²) in [6.07, 6.45) is 1.43. The van der Waals surface area contributed by atoms with Gasteiger partial charge in [0.05, 0.1) is 11.4 Å². The number of aryl methyl sites for hydroxylation is 3. The first kappa shape index (κ1) is 13.5. The number of halogens is 1. The zero-order valence-corrected chi connectivity index (χ0v) is 11.6. The van der Waals surface area contributed by atoms with Crippen molar-refractivity contribution < 1.29 is 12.8 Å². The Balaban J connectivity index is 2.39. The highest BCUT2D eigenvalue weighted by Gasteiger charge is 2.20. The molecule has 1 heterocycles. The Bertz CT molecular complexity index is 723. The van der Waals surface area contributed by atoms with Crippen molar-refractivity contribution in [3.8, 4) is 0 Å². The van der Waals surface area contributed by atoms with Crippen LogP contribution in [-0.2, 0) is 17.1 Å². The average Bonchev–Trinajstić information content (AvgIpc) is 2.63. The molecule has 2 rings (SSSR count). The average molecular weight is 283 g/mol. The summed E-state index contributed by atoms with van der Waals surface area (Å²) in [6, 6.07) is 3.88. The van der Waals surface area contributed by atoms with Gasteiger partial charge >= 0.3 is 0 Å². The van der Waals surface area contributed by atoms with E-state index in [2.05, 4.69) is 9.82 Å². The van der Waals surface area contributed by atoms with Gasteiger partial charge in [-0.05, 0) is 37.6 Å². The van der Waals surface area contributed by atoms with E-state index in [1.165, 1.54) is 29.1 Å². The fourth-order valence-electron chi connectivity index (χ4n) is 1.78. The Morgan fingerprint density at radius 3 is 2.53 bits per heavy atom. The molecule has 0 radical (unpaired) electrons. The van der Waals surface area contributed by atoms with Crippen LogP contribution in [0.25, 0.3) is 0 Å². The normalized spacial score (nSPS) is 11.6. The number of anilines is 1. The maximum absolute atomic E-state index is 13.0. The molecule has 1 aromatic heterocycles. The van der Waals surface area contributed by atoms with E-state index in [-0.39, 0.29) is 4.90 Å². The predicted octanol–water partition coefficient (Wildman–Crippen LogP) is 1.98. The van der Waals surface area contributed by atoms with E-state index in [0.717, 1.165) is 0 Å². The third-order valence-corrected chi connectivity index (χ3v) is 4.16. The minimum absolute atomic E-state index is 0.110.